The fourth-order valence-electron chi connectivity index (χ4n) is 2.45. The van der Waals surface area contributed by atoms with Gasteiger partial charge in [-0.2, -0.15) is 13.2 Å². The predicted molar refractivity (Wildman–Crippen MR) is 95.8 cm³/mol. The van der Waals surface area contributed by atoms with Gasteiger partial charge in [0, 0.05) is 12.1 Å². The van der Waals surface area contributed by atoms with Gasteiger partial charge in [0.1, 0.15) is 0 Å². The van der Waals surface area contributed by atoms with E-state index in [0.717, 1.165) is 0 Å². The van der Waals surface area contributed by atoms with Crippen molar-refractivity contribution in [3.8, 4) is 11.5 Å². The molecule has 9 heteroatoms. The molecule has 5 nitrogen and oxygen atoms in total. The number of nitrogens with two attached hydrogens (primary N) is 1. The molecular formula is C17H26ClF3N2O3. The summed E-state index contributed by atoms with van der Waals surface area (Å²) < 4.78 is 46.8. The number of benzene rings is 1. The van der Waals surface area contributed by atoms with Crippen LogP contribution in [0.3, 0.4) is 0 Å². The van der Waals surface area contributed by atoms with Gasteiger partial charge in [-0.05, 0) is 31.4 Å². The van der Waals surface area contributed by atoms with E-state index in [9.17, 15) is 18.0 Å². The number of alkyl halides is 3. The Hall–Kier alpha value is -1.67. The van der Waals surface area contributed by atoms with Gasteiger partial charge in [-0.3, -0.25) is 4.79 Å². The lowest BCUT2D eigenvalue weighted by Gasteiger charge is -2.31. The summed E-state index contributed by atoms with van der Waals surface area (Å²) in [6.07, 6.45) is -3.76. The van der Waals surface area contributed by atoms with Crippen molar-refractivity contribution >= 4 is 18.3 Å². The largest absolute Gasteiger partial charge is 0.480 e. The van der Waals surface area contributed by atoms with Crippen LogP contribution in [0.25, 0.3) is 0 Å². The highest BCUT2D eigenvalue weighted by Gasteiger charge is 2.29. The first-order valence-electron chi connectivity index (χ1n) is 7.97. The first kappa shape index (κ1) is 24.3. The molecule has 0 aliphatic carbocycles. The second kappa shape index (κ2) is 10.5. The van der Waals surface area contributed by atoms with Crippen LogP contribution < -0.4 is 20.5 Å². The number of rotatable bonds is 9. The number of ether oxygens (including phenoxy) is 2. The Morgan fingerprint density at radius 1 is 1.19 bits per heavy atom. The number of hydrogen-bond acceptors (Lipinski definition) is 4. The van der Waals surface area contributed by atoms with Gasteiger partial charge >= 0.3 is 6.18 Å². The van der Waals surface area contributed by atoms with Gasteiger partial charge < -0.3 is 20.5 Å². The zero-order valence-electron chi connectivity index (χ0n) is 15.1. The van der Waals surface area contributed by atoms with E-state index < -0.39 is 24.2 Å². The third-order valence-electron chi connectivity index (χ3n) is 3.35. The maximum Gasteiger partial charge on any atom is 0.422 e. The fraction of sp³-hybridized carbons (Fsp3) is 0.588. The van der Waals surface area contributed by atoms with Gasteiger partial charge in [-0.15, -0.1) is 12.4 Å². The lowest BCUT2D eigenvalue weighted by Crippen LogP contribution is -2.53. The number of halogens is 4. The number of carbonyl (C=O) groups is 1. The Morgan fingerprint density at radius 3 is 2.19 bits per heavy atom. The Morgan fingerprint density at radius 2 is 1.73 bits per heavy atom. The van der Waals surface area contributed by atoms with Gasteiger partial charge in [-0.1, -0.05) is 26.0 Å². The first-order chi connectivity index (χ1) is 11.5. The molecule has 0 aliphatic rings. The number of nitrogens with one attached hydrogen (secondary N) is 1. The van der Waals surface area contributed by atoms with E-state index >= 15 is 0 Å². The molecule has 1 amide bonds. The minimum Gasteiger partial charge on any atom is -0.480 e. The van der Waals surface area contributed by atoms with Crippen LogP contribution >= 0.6 is 12.4 Å². The summed E-state index contributed by atoms with van der Waals surface area (Å²) in [4.78, 5) is 12.1. The van der Waals surface area contributed by atoms with Crippen molar-refractivity contribution in [2.24, 2.45) is 11.7 Å². The molecule has 0 aliphatic heterocycles. The maximum atomic E-state index is 12.3. The SMILES string of the molecule is CC(C)CC(C)(CN)NC(=O)COc1ccccc1OCC(F)(F)F.Cl. The van der Waals surface area contributed by atoms with E-state index in [4.69, 9.17) is 15.2 Å². The molecule has 1 rings (SSSR count). The molecular weight excluding hydrogens is 373 g/mol. The standard InChI is InChI=1S/C17H25F3N2O3.ClH/c1-12(2)8-16(3,10-21)22-15(23)9-24-13-6-4-5-7-14(13)25-11-17(18,19)20;/h4-7,12H,8-11,21H2,1-3H3,(H,22,23);1H. The van der Waals surface area contributed by atoms with Gasteiger partial charge in [0.05, 0.1) is 0 Å². The van der Waals surface area contributed by atoms with E-state index in [0.29, 0.717) is 12.3 Å². The normalized spacial score (nSPS) is 13.5. The molecule has 0 saturated heterocycles. The van der Waals surface area contributed by atoms with Crippen LogP contribution in [0.4, 0.5) is 13.2 Å². The molecule has 0 spiro atoms. The smallest absolute Gasteiger partial charge is 0.422 e. The highest BCUT2D eigenvalue weighted by Crippen LogP contribution is 2.28. The van der Waals surface area contributed by atoms with Crippen molar-refractivity contribution in [3.63, 3.8) is 0 Å². The van der Waals surface area contributed by atoms with Crippen molar-refractivity contribution in [1.29, 1.82) is 0 Å². The number of carbonyl (C=O) groups excluding carboxylic acids is 1. The van der Waals surface area contributed by atoms with E-state index in [1.807, 2.05) is 20.8 Å². The van der Waals surface area contributed by atoms with Crippen LogP contribution in [0.2, 0.25) is 0 Å². The van der Waals surface area contributed by atoms with Gasteiger partial charge in [0.25, 0.3) is 5.91 Å². The lowest BCUT2D eigenvalue weighted by atomic mass is 9.91. The minimum absolute atomic E-state index is 0. The average molecular weight is 399 g/mol. The van der Waals surface area contributed by atoms with Gasteiger partial charge in [-0.25, -0.2) is 0 Å². The first-order valence-corrected chi connectivity index (χ1v) is 7.97. The fourth-order valence-corrected chi connectivity index (χ4v) is 2.45. The van der Waals surface area contributed by atoms with Crippen LogP contribution in [0.5, 0.6) is 11.5 Å². The molecule has 1 aromatic carbocycles. The average Bonchev–Trinajstić information content (AvgIpc) is 2.50. The highest BCUT2D eigenvalue weighted by molar-refractivity contribution is 5.85. The Balaban J connectivity index is 0.00000625. The van der Waals surface area contributed by atoms with Gasteiger partial charge in [0.2, 0.25) is 0 Å². The van der Waals surface area contributed by atoms with Crippen LogP contribution in [0.1, 0.15) is 27.2 Å². The Labute approximate surface area is 157 Å². The highest BCUT2D eigenvalue weighted by atomic mass is 35.5. The molecule has 26 heavy (non-hydrogen) atoms. The van der Waals surface area contributed by atoms with Crippen LogP contribution in [-0.2, 0) is 4.79 Å². The summed E-state index contributed by atoms with van der Waals surface area (Å²) >= 11 is 0. The molecule has 0 heterocycles. The van der Waals surface area contributed by atoms with Crippen molar-refractivity contribution < 1.29 is 27.4 Å². The predicted octanol–water partition coefficient (Wildman–Crippen LogP) is 3.31. The van der Waals surface area contributed by atoms with Crippen LogP contribution in [0.15, 0.2) is 24.3 Å². The van der Waals surface area contributed by atoms with Crippen LogP contribution in [-0.4, -0.2) is 37.4 Å². The monoisotopic (exact) mass is 398 g/mol. The van der Waals surface area contributed by atoms with Gasteiger partial charge in [0.15, 0.2) is 24.7 Å². The minimum atomic E-state index is -4.45. The van der Waals surface area contributed by atoms with Crippen LogP contribution in [0, 0.1) is 5.92 Å². The molecule has 0 radical (unpaired) electrons. The second-order valence-electron chi connectivity index (χ2n) is 6.55. The third kappa shape index (κ3) is 9.15. The number of para-hydroxylation sites is 2. The summed E-state index contributed by atoms with van der Waals surface area (Å²) in [6, 6.07) is 5.89. The lowest BCUT2D eigenvalue weighted by molar-refractivity contribution is -0.153. The zero-order chi connectivity index (χ0) is 19.1. The van der Waals surface area contributed by atoms with Crippen molar-refractivity contribution in [3.05, 3.63) is 24.3 Å². The quantitative estimate of drug-likeness (QED) is 0.669. The van der Waals surface area contributed by atoms with E-state index in [2.05, 4.69) is 5.32 Å². The molecule has 1 atom stereocenters. The third-order valence-corrected chi connectivity index (χ3v) is 3.35. The summed E-state index contributed by atoms with van der Waals surface area (Å²) in [7, 11) is 0. The van der Waals surface area contributed by atoms with E-state index in [-0.39, 0.29) is 37.1 Å². The van der Waals surface area contributed by atoms with E-state index in [1.54, 1.807) is 6.07 Å². The van der Waals surface area contributed by atoms with Crippen molar-refractivity contribution in [2.45, 2.75) is 38.9 Å². The second-order valence-corrected chi connectivity index (χ2v) is 6.55. The van der Waals surface area contributed by atoms with E-state index in [1.165, 1.54) is 18.2 Å². The summed E-state index contributed by atoms with van der Waals surface area (Å²) in [6.45, 7) is 4.36. The summed E-state index contributed by atoms with van der Waals surface area (Å²) in [5.74, 6) is -0.0675. The summed E-state index contributed by atoms with van der Waals surface area (Å²) in [5.41, 5.74) is 5.16. The Bertz CT molecular complexity index is 570. The summed E-state index contributed by atoms with van der Waals surface area (Å²) in [5, 5.41) is 2.81. The topological polar surface area (TPSA) is 73.6 Å². The molecule has 0 aromatic heterocycles. The van der Waals surface area contributed by atoms with Crippen molar-refractivity contribution in [1.82, 2.24) is 5.32 Å². The van der Waals surface area contributed by atoms with Crippen molar-refractivity contribution in [2.75, 3.05) is 19.8 Å². The maximum absolute atomic E-state index is 12.3. The molecule has 0 fully saturated rings. The molecule has 3 N–H and O–H groups in total. The Kier molecular flexibility index (Phi) is 9.80. The molecule has 1 aromatic rings. The number of amides is 1. The molecule has 0 bridgehead atoms. The zero-order valence-corrected chi connectivity index (χ0v) is 15.9. The molecule has 1 unspecified atom stereocenters. The number of hydrogen-bond donors (Lipinski definition) is 2. The molecule has 0 saturated carbocycles. The molecule has 150 valence electrons.